The largest absolute Gasteiger partial charge is 0.335 e. The maximum Gasteiger partial charge on any atom is 0.335 e. The number of nitrogens with zero attached hydrogens (tertiary/aromatic N) is 3. The van der Waals surface area contributed by atoms with Crippen LogP contribution in [0.1, 0.15) is 11.1 Å². The molecule has 23 heavy (non-hydrogen) atoms. The van der Waals surface area contributed by atoms with Gasteiger partial charge in [-0.25, -0.2) is 4.67 Å². The molecule has 122 valence electrons. The second-order valence-corrected chi connectivity index (χ2v) is 9.07. The van der Waals surface area contributed by atoms with Crippen molar-refractivity contribution in [2.24, 2.45) is 0 Å². The lowest BCUT2D eigenvalue weighted by atomic mass is 10.2. The number of rotatable bonds is 3. The van der Waals surface area contributed by atoms with Crippen LogP contribution in [-0.2, 0) is 4.57 Å². The summed E-state index contributed by atoms with van der Waals surface area (Å²) in [7, 11) is 0.958. The fraction of sp³-hybridized carbons (Fsp3) is 0.333. The highest BCUT2D eigenvalue weighted by Crippen LogP contribution is 2.61. The van der Waals surface area contributed by atoms with Gasteiger partial charge >= 0.3 is 7.59 Å². The lowest BCUT2D eigenvalue weighted by molar-refractivity contribution is 0.514. The summed E-state index contributed by atoms with van der Waals surface area (Å²) in [4.78, 5) is 0. The van der Waals surface area contributed by atoms with Crippen LogP contribution in [0.3, 0.4) is 0 Å². The van der Waals surface area contributed by atoms with Crippen molar-refractivity contribution >= 4 is 19.0 Å². The van der Waals surface area contributed by atoms with Gasteiger partial charge in [0.1, 0.15) is 0 Å². The Labute approximate surface area is 138 Å². The zero-order valence-corrected chi connectivity index (χ0v) is 15.1. The first kappa shape index (κ1) is 16.1. The Bertz CT molecular complexity index is 667. The van der Waals surface area contributed by atoms with E-state index in [1.165, 1.54) is 11.1 Å². The first-order valence-electron chi connectivity index (χ1n) is 7.90. The standard InChI is InChI=1S/C18H24N3OP/c1-15-5-9-17(10-6-15)20-13-14-21(23(20,22)19(3)4)18-11-7-16(2)8-12-18/h5-12H,13-14H2,1-4H3. The molecule has 0 amide bonds. The maximum absolute atomic E-state index is 13.9. The number of benzene rings is 2. The summed E-state index contributed by atoms with van der Waals surface area (Å²) >= 11 is 0. The Morgan fingerprint density at radius 2 is 1.13 bits per heavy atom. The Balaban J connectivity index is 2.02. The zero-order valence-electron chi connectivity index (χ0n) is 14.2. The van der Waals surface area contributed by atoms with Gasteiger partial charge in [-0.2, -0.15) is 0 Å². The highest BCUT2D eigenvalue weighted by Gasteiger charge is 2.45. The molecule has 1 fully saturated rings. The molecule has 0 aliphatic carbocycles. The second-order valence-electron chi connectivity index (χ2n) is 6.28. The molecule has 0 atom stereocenters. The Hall–Kier alpha value is -1.77. The SMILES string of the molecule is Cc1ccc(N2CCN(c3ccc(C)cc3)P2(=O)N(C)C)cc1. The van der Waals surface area contributed by atoms with Crippen LogP contribution in [0.5, 0.6) is 0 Å². The highest BCUT2D eigenvalue weighted by molar-refractivity contribution is 7.65. The normalized spacial score (nSPS) is 17.1. The predicted molar refractivity (Wildman–Crippen MR) is 98.3 cm³/mol. The summed E-state index contributed by atoms with van der Waals surface area (Å²) in [6.07, 6.45) is 0. The molecule has 1 saturated heterocycles. The molecule has 0 spiro atoms. The van der Waals surface area contributed by atoms with Crippen LogP contribution >= 0.6 is 7.59 Å². The molecule has 0 bridgehead atoms. The molecule has 0 N–H and O–H groups in total. The fourth-order valence-corrected chi connectivity index (χ4v) is 5.70. The van der Waals surface area contributed by atoms with Crippen LogP contribution in [0.4, 0.5) is 11.4 Å². The number of anilines is 2. The molecule has 5 heteroatoms. The van der Waals surface area contributed by atoms with Crippen molar-refractivity contribution in [3.63, 3.8) is 0 Å². The van der Waals surface area contributed by atoms with Gasteiger partial charge in [0, 0.05) is 24.5 Å². The highest BCUT2D eigenvalue weighted by atomic mass is 31.2. The van der Waals surface area contributed by atoms with Crippen LogP contribution in [0.2, 0.25) is 0 Å². The van der Waals surface area contributed by atoms with Crippen LogP contribution in [0.15, 0.2) is 48.5 Å². The molecule has 4 nitrogen and oxygen atoms in total. The Morgan fingerprint density at radius 1 is 0.783 bits per heavy atom. The first-order chi connectivity index (χ1) is 10.9. The van der Waals surface area contributed by atoms with Crippen molar-refractivity contribution in [2.45, 2.75) is 13.8 Å². The summed E-state index contributed by atoms with van der Waals surface area (Å²) in [5.74, 6) is 0. The lowest BCUT2D eigenvalue weighted by Gasteiger charge is -2.36. The monoisotopic (exact) mass is 329 g/mol. The summed E-state index contributed by atoms with van der Waals surface area (Å²) in [5, 5.41) is 0. The summed E-state index contributed by atoms with van der Waals surface area (Å²) < 4.78 is 19.9. The molecular formula is C18H24N3OP. The van der Waals surface area contributed by atoms with Crippen molar-refractivity contribution in [3.8, 4) is 0 Å². The van der Waals surface area contributed by atoms with E-state index in [4.69, 9.17) is 0 Å². The molecule has 0 saturated carbocycles. The van der Waals surface area contributed by atoms with E-state index in [1.807, 2.05) is 28.1 Å². The van der Waals surface area contributed by atoms with Crippen molar-refractivity contribution in [3.05, 3.63) is 59.7 Å². The van der Waals surface area contributed by atoms with E-state index in [-0.39, 0.29) is 0 Å². The van der Waals surface area contributed by atoms with E-state index in [9.17, 15) is 4.57 Å². The van der Waals surface area contributed by atoms with Gasteiger partial charge in [-0.1, -0.05) is 35.4 Å². The maximum atomic E-state index is 13.9. The fourth-order valence-electron chi connectivity index (χ4n) is 3.00. The van der Waals surface area contributed by atoms with Crippen molar-refractivity contribution in [1.82, 2.24) is 4.67 Å². The lowest BCUT2D eigenvalue weighted by Crippen LogP contribution is -2.28. The number of hydrogen-bond donors (Lipinski definition) is 0. The third-order valence-corrected chi connectivity index (χ3v) is 7.50. The van der Waals surface area contributed by atoms with Gasteiger partial charge in [0.2, 0.25) is 0 Å². The van der Waals surface area contributed by atoms with Gasteiger partial charge in [-0.05, 0) is 52.2 Å². The zero-order chi connectivity index (χ0) is 16.6. The molecule has 1 aliphatic rings. The molecule has 0 unspecified atom stereocenters. The quantitative estimate of drug-likeness (QED) is 0.785. The predicted octanol–water partition coefficient (Wildman–Crippen LogP) is 4.30. The molecule has 2 aromatic rings. The first-order valence-corrected chi connectivity index (χ1v) is 9.46. The van der Waals surface area contributed by atoms with Gasteiger partial charge in [-0.15, -0.1) is 0 Å². The molecule has 1 heterocycles. The van der Waals surface area contributed by atoms with Crippen molar-refractivity contribution in [2.75, 3.05) is 36.5 Å². The number of aryl methyl sites for hydroxylation is 2. The molecule has 3 rings (SSSR count). The van der Waals surface area contributed by atoms with Crippen LogP contribution in [-0.4, -0.2) is 31.9 Å². The molecule has 0 aromatic heterocycles. The summed E-state index contributed by atoms with van der Waals surface area (Å²) in [6, 6.07) is 16.5. The summed E-state index contributed by atoms with van der Waals surface area (Å²) in [6.45, 7) is 5.65. The van der Waals surface area contributed by atoms with E-state index in [0.717, 1.165) is 24.5 Å². The molecule has 2 aromatic carbocycles. The van der Waals surface area contributed by atoms with Gasteiger partial charge in [-0.3, -0.25) is 13.9 Å². The minimum Gasteiger partial charge on any atom is -0.293 e. The van der Waals surface area contributed by atoms with E-state index in [1.54, 1.807) is 0 Å². The van der Waals surface area contributed by atoms with Gasteiger partial charge in [0.25, 0.3) is 0 Å². The van der Waals surface area contributed by atoms with Gasteiger partial charge in [0.05, 0.1) is 0 Å². The minimum atomic E-state index is -2.84. The van der Waals surface area contributed by atoms with E-state index in [2.05, 4.69) is 62.4 Å². The van der Waals surface area contributed by atoms with Gasteiger partial charge < -0.3 is 0 Å². The third kappa shape index (κ3) is 2.77. The molecule has 1 aliphatic heterocycles. The van der Waals surface area contributed by atoms with Crippen LogP contribution < -0.4 is 9.34 Å². The van der Waals surface area contributed by atoms with E-state index < -0.39 is 7.59 Å². The third-order valence-electron chi connectivity index (χ3n) is 4.34. The second kappa shape index (κ2) is 6.03. The minimum absolute atomic E-state index is 0.756. The van der Waals surface area contributed by atoms with Crippen molar-refractivity contribution < 1.29 is 4.57 Å². The Morgan fingerprint density at radius 3 is 1.43 bits per heavy atom. The van der Waals surface area contributed by atoms with Crippen molar-refractivity contribution in [1.29, 1.82) is 0 Å². The molecular weight excluding hydrogens is 305 g/mol. The van der Waals surface area contributed by atoms with Crippen LogP contribution in [0, 0.1) is 13.8 Å². The number of hydrogen-bond acceptors (Lipinski definition) is 1. The topological polar surface area (TPSA) is 26.8 Å². The smallest absolute Gasteiger partial charge is 0.293 e. The molecule has 0 radical (unpaired) electrons. The van der Waals surface area contributed by atoms with Gasteiger partial charge in [0.15, 0.2) is 0 Å². The van der Waals surface area contributed by atoms with E-state index >= 15 is 0 Å². The average molecular weight is 329 g/mol. The van der Waals surface area contributed by atoms with E-state index in [0.29, 0.717) is 0 Å². The average Bonchev–Trinajstić information content (AvgIpc) is 2.88. The Kier molecular flexibility index (Phi) is 4.22. The summed E-state index contributed by atoms with van der Waals surface area (Å²) in [5.41, 5.74) is 4.45. The van der Waals surface area contributed by atoms with Crippen LogP contribution in [0.25, 0.3) is 0 Å².